The van der Waals surface area contributed by atoms with Crippen molar-refractivity contribution in [1.29, 1.82) is 5.41 Å². The minimum absolute atomic E-state index is 0.0865. The van der Waals surface area contributed by atoms with E-state index in [-0.39, 0.29) is 22.5 Å². The number of benzene rings is 1. The Morgan fingerprint density at radius 3 is 2.64 bits per heavy atom. The topological polar surface area (TPSA) is 92.2 Å². The standard InChI is InChI=1S/C26H29N5O2/c1-2-3-4-9-17-31-23(27)20(25(32)28-15-14-19-11-6-5-7-12-19)18-21-24(31)29-22-13-8-10-16-30(22)26(21)33/h5-8,10-13,16,18,27H,2-4,9,14-15,17H2,1H3,(H,28,32). The minimum atomic E-state index is -0.349. The molecule has 33 heavy (non-hydrogen) atoms. The molecule has 0 unspecified atom stereocenters. The molecule has 0 saturated heterocycles. The molecule has 170 valence electrons. The fourth-order valence-electron chi connectivity index (χ4n) is 4.03. The maximum Gasteiger partial charge on any atom is 0.267 e. The number of unbranched alkanes of at least 4 members (excludes halogenated alkanes) is 3. The summed E-state index contributed by atoms with van der Waals surface area (Å²) in [6.45, 7) is 3.13. The summed E-state index contributed by atoms with van der Waals surface area (Å²) in [6.07, 6.45) is 6.44. The van der Waals surface area contributed by atoms with Crippen LogP contribution in [0.1, 0.15) is 48.5 Å². The molecule has 1 aromatic carbocycles. The molecule has 0 aliphatic carbocycles. The summed E-state index contributed by atoms with van der Waals surface area (Å²) in [6, 6.07) is 16.8. The van der Waals surface area contributed by atoms with E-state index < -0.39 is 0 Å². The Morgan fingerprint density at radius 1 is 1.06 bits per heavy atom. The van der Waals surface area contributed by atoms with Gasteiger partial charge in [-0.15, -0.1) is 0 Å². The lowest BCUT2D eigenvalue weighted by molar-refractivity contribution is 0.0951. The van der Waals surface area contributed by atoms with Crippen LogP contribution in [-0.2, 0) is 13.0 Å². The lowest BCUT2D eigenvalue weighted by Gasteiger charge is -2.15. The Hall–Kier alpha value is -3.74. The van der Waals surface area contributed by atoms with Gasteiger partial charge in [0.05, 0.1) is 10.9 Å². The summed E-state index contributed by atoms with van der Waals surface area (Å²) in [5.41, 5.74) is 2.15. The van der Waals surface area contributed by atoms with Crippen molar-refractivity contribution in [2.24, 2.45) is 0 Å². The van der Waals surface area contributed by atoms with Crippen molar-refractivity contribution in [2.45, 2.75) is 45.6 Å². The first kappa shape index (κ1) is 22.5. The van der Waals surface area contributed by atoms with Gasteiger partial charge in [-0.05, 0) is 36.6 Å². The fourth-order valence-corrected chi connectivity index (χ4v) is 4.03. The fraction of sp³-hybridized carbons (Fsp3) is 0.308. The molecule has 0 fully saturated rings. The van der Waals surface area contributed by atoms with Gasteiger partial charge in [0, 0.05) is 19.3 Å². The van der Waals surface area contributed by atoms with Gasteiger partial charge < -0.3 is 9.88 Å². The van der Waals surface area contributed by atoms with Crippen LogP contribution in [-0.4, -0.2) is 26.4 Å². The third kappa shape index (κ3) is 4.87. The number of nitrogens with one attached hydrogen (secondary N) is 2. The Labute approximate surface area is 192 Å². The van der Waals surface area contributed by atoms with E-state index in [2.05, 4.69) is 17.2 Å². The highest BCUT2D eigenvalue weighted by Crippen LogP contribution is 2.12. The molecule has 7 heteroatoms. The van der Waals surface area contributed by atoms with Crippen LogP contribution in [0.4, 0.5) is 0 Å². The highest BCUT2D eigenvalue weighted by molar-refractivity contribution is 5.96. The quantitative estimate of drug-likeness (QED) is 0.305. The van der Waals surface area contributed by atoms with Gasteiger partial charge in [0.1, 0.15) is 16.8 Å². The molecule has 4 rings (SSSR count). The van der Waals surface area contributed by atoms with Crippen molar-refractivity contribution in [3.05, 3.63) is 87.8 Å². The molecule has 3 heterocycles. The van der Waals surface area contributed by atoms with Crippen molar-refractivity contribution < 1.29 is 4.79 Å². The predicted octanol–water partition coefficient (Wildman–Crippen LogP) is 3.68. The number of hydrogen-bond acceptors (Lipinski definition) is 4. The number of amides is 1. The van der Waals surface area contributed by atoms with Crippen LogP contribution in [0.2, 0.25) is 0 Å². The second-order valence-electron chi connectivity index (χ2n) is 8.19. The van der Waals surface area contributed by atoms with E-state index >= 15 is 0 Å². The van der Waals surface area contributed by atoms with Crippen molar-refractivity contribution in [2.75, 3.05) is 6.54 Å². The zero-order valence-electron chi connectivity index (χ0n) is 18.9. The molecule has 0 saturated carbocycles. The average molecular weight is 444 g/mol. The molecule has 3 aromatic heterocycles. The van der Waals surface area contributed by atoms with E-state index in [1.807, 2.05) is 36.4 Å². The van der Waals surface area contributed by atoms with Crippen molar-refractivity contribution in [3.8, 4) is 0 Å². The second kappa shape index (κ2) is 10.3. The number of pyridine rings is 2. The molecule has 0 aliphatic heterocycles. The van der Waals surface area contributed by atoms with E-state index in [0.29, 0.717) is 36.2 Å². The van der Waals surface area contributed by atoms with Crippen LogP contribution in [0.15, 0.2) is 65.6 Å². The van der Waals surface area contributed by atoms with Crippen LogP contribution in [0.25, 0.3) is 16.7 Å². The summed E-state index contributed by atoms with van der Waals surface area (Å²) in [7, 11) is 0. The highest BCUT2D eigenvalue weighted by atomic mass is 16.1. The monoisotopic (exact) mass is 443 g/mol. The van der Waals surface area contributed by atoms with Gasteiger partial charge in [0.25, 0.3) is 11.5 Å². The van der Waals surface area contributed by atoms with Crippen molar-refractivity contribution in [1.82, 2.24) is 19.3 Å². The molecule has 1 amide bonds. The average Bonchev–Trinajstić information content (AvgIpc) is 2.83. The zero-order chi connectivity index (χ0) is 23.2. The minimum Gasteiger partial charge on any atom is -0.352 e. The van der Waals surface area contributed by atoms with Gasteiger partial charge in [-0.1, -0.05) is 62.6 Å². The van der Waals surface area contributed by atoms with E-state index in [4.69, 9.17) is 5.41 Å². The molecule has 0 atom stereocenters. The Morgan fingerprint density at radius 2 is 1.85 bits per heavy atom. The third-order valence-corrected chi connectivity index (χ3v) is 5.84. The highest BCUT2D eigenvalue weighted by Gasteiger charge is 2.17. The summed E-state index contributed by atoms with van der Waals surface area (Å²) >= 11 is 0. The smallest absolute Gasteiger partial charge is 0.267 e. The SMILES string of the molecule is CCCCCCn1c(=N)c(C(=O)NCCc2ccccc2)cc2c(=O)n3ccccc3nc21. The van der Waals surface area contributed by atoms with Gasteiger partial charge in [0.2, 0.25) is 0 Å². The third-order valence-electron chi connectivity index (χ3n) is 5.84. The molecule has 7 nitrogen and oxygen atoms in total. The lowest BCUT2D eigenvalue weighted by Crippen LogP contribution is -2.35. The van der Waals surface area contributed by atoms with Gasteiger partial charge in [0.15, 0.2) is 0 Å². The van der Waals surface area contributed by atoms with Crippen LogP contribution >= 0.6 is 0 Å². The maximum absolute atomic E-state index is 13.2. The maximum atomic E-state index is 13.2. The molecule has 0 bridgehead atoms. The molecule has 0 aliphatic rings. The molecular weight excluding hydrogens is 414 g/mol. The number of nitrogens with zero attached hydrogens (tertiary/aromatic N) is 3. The van der Waals surface area contributed by atoms with Gasteiger partial charge in [-0.3, -0.25) is 19.4 Å². The number of fused-ring (bicyclic) bond motifs is 2. The number of aromatic nitrogens is 3. The van der Waals surface area contributed by atoms with E-state index in [9.17, 15) is 9.59 Å². The van der Waals surface area contributed by atoms with Crippen LogP contribution in [0, 0.1) is 5.41 Å². The molecule has 4 aromatic rings. The number of rotatable bonds is 9. The van der Waals surface area contributed by atoms with Crippen LogP contribution < -0.4 is 16.4 Å². The van der Waals surface area contributed by atoms with Crippen molar-refractivity contribution >= 4 is 22.6 Å². The predicted molar refractivity (Wildman–Crippen MR) is 129 cm³/mol. The van der Waals surface area contributed by atoms with E-state index in [0.717, 1.165) is 31.2 Å². The van der Waals surface area contributed by atoms with Gasteiger partial charge in [-0.25, -0.2) is 4.98 Å². The molecule has 2 N–H and O–H groups in total. The van der Waals surface area contributed by atoms with Crippen LogP contribution in [0.3, 0.4) is 0 Å². The Kier molecular flexibility index (Phi) is 6.98. The first-order chi connectivity index (χ1) is 16.1. The van der Waals surface area contributed by atoms with Gasteiger partial charge >= 0.3 is 0 Å². The number of aryl methyl sites for hydroxylation is 1. The normalized spacial score (nSPS) is 11.2. The first-order valence-electron chi connectivity index (χ1n) is 11.5. The van der Waals surface area contributed by atoms with E-state index in [1.54, 1.807) is 22.9 Å². The summed E-state index contributed by atoms with van der Waals surface area (Å²) in [5.74, 6) is -0.349. The van der Waals surface area contributed by atoms with Crippen LogP contribution in [0.5, 0.6) is 0 Å². The zero-order valence-corrected chi connectivity index (χ0v) is 18.9. The first-order valence-corrected chi connectivity index (χ1v) is 11.5. The molecule has 0 spiro atoms. The lowest BCUT2D eigenvalue weighted by atomic mass is 10.1. The molecule has 0 radical (unpaired) electrons. The summed E-state index contributed by atoms with van der Waals surface area (Å²) in [4.78, 5) is 30.9. The summed E-state index contributed by atoms with van der Waals surface area (Å²) < 4.78 is 3.19. The molecular formula is C26H29N5O2. The second-order valence-corrected chi connectivity index (χ2v) is 8.19. The number of carbonyl (C=O) groups excluding carboxylic acids is 1. The Balaban J connectivity index is 1.72. The van der Waals surface area contributed by atoms with Crippen molar-refractivity contribution in [3.63, 3.8) is 0 Å². The Bertz CT molecular complexity index is 1390. The van der Waals surface area contributed by atoms with Gasteiger partial charge in [-0.2, -0.15) is 0 Å². The largest absolute Gasteiger partial charge is 0.352 e. The summed E-state index contributed by atoms with van der Waals surface area (Å²) in [5, 5.41) is 12.0. The van der Waals surface area contributed by atoms with E-state index in [1.165, 1.54) is 10.5 Å². The number of carbonyl (C=O) groups is 1. The number of hydrogen-bond donors (Lipinski definition) is 2.